The average molecular weight is 374 g/mol. The molecule has 2 rings (SSSR count). The Labute approximate surface area is 153 Å². The molecule has 1 unspecified atom stereocenters. The van der Waals surface area contributed by atoms with Gasteiger partial charge in [0.2, 0.25) is 0 Å². The molecule has 23 heavy (non-hydrogen) atoms. The summed E-state index contributed by atoms with van der Waals surface area (Å²) in [5.41, 5.74) is 1.91. The zero-order chi connectivity index (χ0) is 17.3. The van der Waals surface area contributed by atoms with Crippen LogP contribution in [0, 0.1) is 0 Å². The van der Waals surface area contributed by atoms with Crippen molar-refractivity contribution in [1.29, 1.82) is 0 Å². The van der Waals surface area contributed by atoms with Crippen LogP contribution in [0.3, 0.4) is 0 Å². The van der Waals surface area contributed by atoms with E-state index in [1.807, 2.05) is 45.9 Å². The van der Waals surface area contributed by atoms with Gasteiger partial charge in [0, 0.05) is 5.41 Å². The summed E-state index contributed by atoms with van der Waals surface area (Å²) in [6.45, 7) is 7.86. The number of rotatable bonds is 3. The Morgan fingerprint density at radius 2 is 1.74 bits per heavy atom. The van der Waals surface area contributed by atoms with E-state index in [1.165, 1.54) is 6.42 Å². The molecular weight excluding hydrogens is 349 g/mol. The van der Waals surface area contributed by atoms with Crippen LogP contribution in [0.1, 0.15) is 65.4 Å². The predicted molar refractivity (Wildman–Crippen MR) is 102 cm³/mol. The van der Waals surface area contributed by atoms with Gasteiger partial charge in [-0.1, -0.05) is 52.9 Å². The van der Waals surface area contributed by atoms with Crippen molar-refractivity contribution in [2.45, 2.75) is 70.0 Å². The largest absolute Gasteiger partial charge is 0.591 e. The Morgan fingerprint density at radius 1 is 1.13 bits per heavy atom. The molecule has 1 atom stereocenters. The molecular formula is C18H25Cl2NOS. The van der Waals surface area contributed by atoms with Gasteiger partial charge in [0.05, 0.1) is 15.8 Å². The SMILES string of the molecule is C/C(=N\[S+]([O-])C(C)(C)C)C1(c2ccc(Cl)c(Cl)c2)CCCCC1. The Balaban J connectivity index is 2.47. The second-order valence-corrected chi connectivity index (χ2v) is 10.0. The van der Waals surface area contributed by atoms with Gasteiger partial charge >= 0.3 is 0 Å². The lowest BCUT2D eigenvalue weighted by atomic mass is 9.67. The van der Waals surface area contributed by atoms with Gasteiger partial charge in [0.15, 0.2) is 0 Å². The van der Waals surface area contributed by atoms with Crippen molar-refractivity contribution in [3.8, 4) is 0 Å². The summed E-state index contributed by atoms with van der Waals surface area (Å²) in [6.07, 6.45) is 5.56. The molecule has 1 aromatic carbocycles. The maximum Gasteiger partial charge on any atom is 0.144 e. The van der Waals surface area contributed by atoms with E-state index < -0.39 is 11.4 Å². The van der Waals surface area contributed by atoms with Crippen LogP contribution in [-0.4, -0.2) is 15.0 Å². The summed E-state index contributed by atoms with van der Waals surface area (Å²) >= 11 is 11.1. The normalized spacial score (nSPS) is 20.4. The summed E-state index contributed by atoms with van der Waals surface area (Å²) in [5.74, 6) is 0. The second-order valence-electron chi connectivity index (χ2n) is 7.31. The highest BCUT2D eigenvalue weighted by Gasteiger charge is 2.39. The van der Waals surface area contributed by atoms with Crippen LogP contribution in [0.5, 0.6) is 0 Å². The third-order valence-corrected chi connectivity index (χ3v) is 6.84. The van der Waals surface area contributed by atoms with Gasteiger partial charge in [-0.05, 0) is 58.2 Å². The van der Waals surface area contributed by atoms with Crippen LogP contribution in [-0.2, 0) is 16.8 Å². The average Bonchev–Trinajstić information content (AvgIpc) is 2.49. The standard InChI is InChI=1S/C18H25Cl2NOS/c1-13(21-23(22)17(2,3)4)18(10-6-5-7-11-18)14-8-9-15(19)16(20)12-14/h8-9,12H,5-7,10-11H2,1-4H3/b21-13+. The first-order valence-electron chi connectivity index (χ1n) is 8.10. The lowest BCUT2D eigenvalue weighted by Gasteiger charge is -2.38. The van der Waals surface area contributed by atoms with E-state index in [2.05, 4.69) is 4.40 Å². The van der Waals surface area contributed by atoms with Gasteiger partial charge < -0.3 is 4.55 Å². The highest BCUT2D eigenvalue weighted by atomic mass is 35.5. The molecule has 0 aromatic heterocycles. The molecule has 0 amide bonds. The van der Waals surface area contributed by atoms with Crippen LogP contribution >= 0.6 is 23.2 Å². The lowest BCUT2D eigenvalue weighted by Crippen LogP contribution is -2.38. The molecule has 0 radical (unpaired) electrons. The van der Waals surface area contributed by atoms with E-state index in [1.54, 1.807) is 0 Å². The summed E-state index contributed by atoms with van der Waals surface area (Å²) in [6, 6.07) is 5.84. The monoisotopic (exact) mass is 373 g/mol. The van der Waals surface area contributed by atoms with Crippen LogP contribution in [0.25, 0.3) is 0 Å². The molecule has 0 saturated heterocycles. The minimum absolute atomic E-state index is 0.173. The molecule has 1 saturated carbocycles. The molecule has 0 aliphatic heterocycles. The highest BCUT2D eigenvalue weighted by molar-refractivity contribution is 7.91. The van der Waals surface area contributed by atoms with Crippen LogP contribution < -0.4 is 0 Å². The fourth-order valence-corrected chi connectivity index (χ4v) is 4.15. The zero-order valence-electron chi connectivity index (χ0n) is 14.3. The molecule has 0 bridgehead atoms. The number of halogens is 2. The summed E-state index contributed by atoms with van der Waals surface area (Å²) in [4.78, 5) is 0. The van der Waals surface area contributed by atoms with Crippen LogP contribution in [0.2, 0.25) is 10.0 Å². The van der Waals surface area contributed by atoms with Crippen molar-refractivity contribution in [3.63, 3.8) is 0 Å². The first kappa shape index (κ1) is 19.1. The number of hydrogen-bond acceptors (Lipinski definition) is 2. The van der Waals surface area contributed by atoms with Gasteiger partial charge in [-0.2, -0.15) is 0 Å². The van der Waals surface area contributed by atoms with E-state index in [4.69, 9.17) is 23.2 Å². The van der Waals surface area contributed by atoms with E-state index in [0.29, 0.717) is 10.0 Å². The van der Waals surface area contributed by atoms with E-state index in [9.17, 15) is 4.55 Å². The molecule has 5 heteroatoms. The third kappa shape index (κ3) is 4.25. The van der Waals surface area contributed by atoms with Crippen LogP contribution in [0.15, 0.2) is 22.6 Å². The van der Waals surface area contributed by atoms with Crippen molar-refractivity contribution in [2.75, 3.05) is 0 Å². The van der Waals surface area contributed by atoms with E-state index in [-0.39, 0.29) is 10.2 Å². The molecule has 1 aromatic rings. The minimum Gasteiger partial charge on any atom is -0.591 e. The summed E-state index contributed by atoms with van der Waals surface area (Å²) < 4.78 is 16.7. The summed E-state index contributed by atoms with van der Waals surface area (Å²) in [5, 5.41) is 1.13. The highest BCUT2D eigenvalue weighted by Crippen LogP contribution is 2.43. The number of hydrogen-bond donors (Lipinski definition) is 0. The van der Waals surface area contributed by atoms with Crippen molar-refractivity contribution >= 4 is 40.3 Å². The first-order valence-corrected chi connectivity index (χ1v) is 9.96. The Bertz CT molecular complexity index is 589. The number of benzene rings is 1. The smallest absolute Gasteiger partial charge is 0.144 e. The number of nitrogens with zero attached hydrogens (tertiary/aromatic N) is 1. The fourth-order valence-electron chi connectivity index (χ4n) is 3.16. The molecule has 0 N–H and O–H groups in total. The molecule has 128 valence electrons. The molecule has 1 aliphatic rings. The predicted octanol–water partition coefficient (Wildman–Crippen LogP) is 6.12. The first-order chi connectivity index (χ1) is 10.7. The zero-order valence-corrected chi connectivity index (χ0v) is 16.6. The van der Waals surface area contributed by atoms with E-state index in [0.717, 1.165) is 37.0 Å². The van der Waals surface area contributed by atoms with Crippen LogP contribution in [0.4, 0.5) is 0 Å². The maximum absolute atomic E-state index is 12.5. The van der Waals surface area contributed by atoms with Gasteiger partial charge in [-0.15, -0.1) is 0 Å². The Kier molecular flexibility index (Phi) is 6.10. The molecule has 0 spiro atoms. The minimum atomic E-state index is -1.25. The van der Waals surface area contributed by atoms with Crippen molar-refractivity contribution in [3.05, 3.63) is 33.8 Å². The molecule has 1 fully saturated rings. The van der Waals surface area contributed by atoms with E-state index >= 15 is 0 Å². The Hall–Kier alpha value is -0.220. The van der Waals surface area contributed by atoms with Gasteiger partial charge in [-0.25, -0.2) is 0 Å². The quantitative estimate of drug-likeness (QED) is 0.464. The van der Waals surface area contributed by atoms with Crippen molar-refractivity contribution < 1.29 is 4.55 Å². The van der Waals surface area contributed by atoms with Gasteiger partial charge in [-0.3, -0.25) is 0 Å². The summed E-state index contributed by atoms with van der Waals surface area (Å²) in [7, 11) is 0. The fraction of sp³-hybridized carbons (Fsp3) is 0.611. The Morgan fingerprint density at radius 3 is 2.26 bits per heavy atom. The molecule has 1 aliphatic carbocycles. The van der Waals surface area contributed by atoms with Crippen molar-refractivity contribution in [2.24, 2.45) is 4.40 Å². The van der Waals surface area contributed by atoms with Gasteiger partial charge in [0.1, 0.15) is 16.1 Å². The van der Waals surface area contributed by atoms with Gasteiger partial charge in [0.25, 0.3) is 0 Å². The molecule has 0 heterocycles. The second kappa shape index (κ2) is 7.35. The lowest BCUT2D eigenvalue weighted by molar-refractivity contribution is 0.379. The maximum atomic E-state index is 12.5. The van der Waals surface area contributed by atoms with Crippen molar-refractivity contribution in [1.82, 2.24) is 0 Å². The topological polar surface area (TPSA) is 35.4 Å². The molecule has 2 nitrogen and oxygen atoms in total. The third-order valence-electron chi connectivity index (χ3n) is 4.62.